The summed E-state index contributed by atoms with van der Waals surface area (Å²) in [7, 11) is 1.51. The van der Waals surface area contributed by atoms with Crippen LogP contribution in [0.15, 0.2) is 24.5 Å². The van der Waals surface area contributed by atoms with Crippen LogP contribution in [0.5, 0.6) is 0 Å². The van der Waals surface area contributed by atoms with Crippen LogP contribution >= 0.6 is 9.03 Å². The second kappa shape index (κ2) is 7.06. The molecule has 1 fully saturated rings. The third-order valence-corrected chi connectivity index (χ3v) is 3.43. The number of nitrogens with two attached hydrogens (primary N) is 1. The van der Waals surface area contributed by atoms with Gasteiger partial charge in [0.05, 0.1) is 12.7 Å². The molecule has 20 heavy (non-hydrogen) atoms. The van der Waals surface area contributed by atoms with Crippen molar-refractivity contribution in [3.05, 3.63) is 30.1 Å². The summed E-state index contributed by atoms with van der Waals surface area (Å²) in [4.78, 5) is 11.2. The number of aliphatic hydroxyl groups is 1. The van der Waals surface area contributed by atoms with Gasteiger partial charge in [0.15, 0.2) is 21.4 Å². The van der Waals surface area contributed by atoms with Crippen molar-refractivity contribution >= 4 is 14.9 Å². The predicted octanol–water partition coefficient (Wildman–Crippen LogP) is -0.107. The van der Waals surface area contributed by atoms with Crippen molar-refractivity contribution < 1.29 is 28.3 Å². The van der Waals surface area contributed by atoms with Crippen LogP contribution in [0.3, 0.4) is 0 Å². The molecule has 1 amide bonds. The molecular formula is C12H18N2O5P+. The Morgan fingerprint density at radius 2 is 2.50 bits per heavy atom. The van der Waals surface area contributed by atoms with Crippen molar-refractivity contribution in [2.24, 2.45) is 5.73 Å². The third kappa shape index (κ3) is 3.71. The lowest BCUT2D eigenvalue weighted by molar-refractivity contribution is -0.765. The minimum atomic E-state index is -0.664. The van der Waals surface area contributed by atoms with Gasteiger partial charge in [-0.25, -0.2) is 0 Å². The minimum absolute atomic E-state index is 0.0427. The van der Waals surface area contributed by atoms with E-state index in [4.69, 9.17) is 19.5 Å². The number of ether oxygens (including phenoxy) is 1. The highest BCUT2D eigenvalue weighted by Crippen LogP contribution is 2.26. The van der Waals surface area contributed by atoms with Crippen LogP contribution < -0.4 is 10.3 Å². The number of aromatic nitrogens is 1. The fraction of sp³-hybridized carbons (Fsp3) is 0.500. The Bertz CT molecular complexity index is 473. The molecule has 7 nitrogen and oxygen atoms in total. The van der Waals surface area contributed by atoms with Gasteiger partial charge in [-0.15, -0.1) is 0 Å². The molecule has 3 N–H and O–H groups in total. The molecule has 110 valence electrons. The van der Waals surface area contributed by atoms with E-state index in [9.17, 15) is 9.90 Å². The molecule has 0 spiro atoms. The lowest BCUT2D eigenvalue weighted by atomic mass is 10.2. The highest BCUT2D eigenvalue weighted by atomic mass is 31.1. The van der Waals surface area contributed by atoms with Crippen LogP contribution in [-0.2, 0) is 13.8 Å². The summed E-state index contributed by atoms with van der Waals surface area (Å²) in [6.07, 6.45) is 2.34. The second-order valence-corrected chi connectivity index (χ2v) is 5.32. The monoisotopic (exact) mass is 301 g/mol. The molecule has 0 saturated carbocycles. The van der Waals surface area contributed by atoms with Crippen molar-refractivity contribution in [2.75, 3.05) is 13.7 Å². The summed E-state index contributed by atoms with van der Waals surface area (Å²) in [5.74, 6) is -0.520. The standard InChI is InChI=1S/C12H17N2O5P/c1-17-20-18-7-9-5-10(15)12(19-9)14-4-2-3-8(6-14)11(13)16/h2-4,6,9-10,12,15,20H,5,7H2,1H3,(H-,13,16)/p+1. The molecule has 0 bridgehead atoms. The van der Waals surface area contributed by atoms with Gasteiger partial charge in [-0.05, 0) is 6.07 Å². The summed E-state index contributed by atoms with van der Waals surface area (Å²) >= 11 is 0. The number of rotatable bonds is 6. The van der Waals surface area contributed by atoms with E-state index >= 15 is 0 Å². The molecule has 0 aromatic carbocycles. The van der Waals surface area contributed by atoms with E-state index in [0.29, 0.717) is 18.6 Å². The first-order chi connectivity index (χ1) is 9.61. The van der Waals surface area contributed by atoms with E-state index in [-0.39, 0.29) is 15.1 Å². The molecule has 4 atom stereocenters. The number of carbonyl (C=O) groups is 1. The molecule has 0 radical (unpaired) electrons. The van der Waals surface area contributed by atoms with E-state index in [2.05, 4.69) is 0 Å². The van der Waals surface area contributed by atoms with Gasteiger partial charge in [0, 0.05) is 19.6 Å². The molecule has 8 heteroatoms. The van der Waals surface area contributed by atoms with Crippen LogP contribution in [0.4, 0.5) is 0 Å². The van der Waals surface area contributed by atoms with E-state index in [0.717, 1.165) is 0 Å². The Morgan fingerprint density at radius 3 is 3.20 bits per heavy atom. The fourth-order valence-corrected chi connectivity index (χ4v) is 2.46. The predicted molar refractivity (Wildman–Crippen MR) is 71.0 cm³/mol. The Morgan fingerprint density at radius 1 is 1.70 bits per heavy atom. The molecule has 1 aromatic rings. The Hall–Kier alpha value is -1.11. The highest BCUT2D eigenvalue weighted by molar-refractivity contribution is 7.26. The zero-order valence-corrected chi connectivity index (χ0v) is 12.1. The normalized spacial score (nSPS) is 26.4. The summed E-state index contributed by atoms with van der Waals surface area (Å²) < 4.78 is 17.4. The lowest BCUT2D eigenvalue weighted by Gasteiger charge is -2.11. The SMILES string of the molecule is COPOCC1CC(O)C([n+]2cccc(C(N)=O)c2)O1. The maximum atomic E-state index is 11.2. The zero-order chi connectivity index (χ0) is 14.5. The number of aliphatic hydroxyl groups excluding tert-OH is 1. The van der Waals surface area contributed by atoms with E-state index < -0.39 is 18.2 Å². The summed E-state index contributed by atoms with van der Waals surface area (Å²) in [5.41, 5.74) is 5.60. The van der Waals surface area contributed by atoms with Crippen LogP contribution in [-0.4, -0.2) is 36.9 Å². The first-order valence-electron chi connectivity index (χ1n) is 6.15. The van der Waals surface area contributed by atoms with Crippen molar-refractivity contribution in [3.8, 4) is 0 Å². The summed E-state index contributed by atoms with van der Waals surface area (Å²) in [6.45, 7) is 0.357. The summed E-state index contributed by atoms with van der Waals surface area (Å²) in [6, 6.07) is 3.30. The average Bonchev–Trinajstić information content (AvgIpc) is 2.80. The van der Waals surface area contributed by atoms with Crippen molar-refractivity contribution in [1.82, 2.24) is 0 Å². The van der Waals surface area contributed by atoms with E-state index in [1.807, 2.05) is 0 Å². The number of amides is 1. The van der Waals surface area contributed by atoms with Crippen LogP contribution in [0.2, 0.25) is 0 Å². The zero-order valence-electron chi connectivity index (χ0n) is 11.1. The number of carbonyl (C=O) groups excluding carboxylic acids is 1. The second-order valence-electron chi connectivity index (χ2n) is 4.45. The maximum Gasteiger partial charge on any atom is 0.289 e. The first kappa shape index (κ1) is 15.3. The number of primary amides is 1. The van der Waals surface area contributed by atoms with Gasteiger partial charge >= 0.3 is 0 Å². The molecule has 4 unspecified atom stereocenters. The van der Waals surface area contributed by atoms with Crippen LogP contribution in [0.25, 0.3) is 0 Å². The van der Waals surface area contributed by atoms with Gasteiger partial charge < -0.3 is 24.6 Å². The van der Waals surface area contributed by atoms with Gasteiger partial charge in [-0.3, -0.25) is 4.79 Å². The van der Waals surface area contributed by atoms with Gasteiger partial charge in [0.2, 0.25) is 0 Å². The third-order valence-electron chi connectivity index (χ3n) is 2.98. The van der Waals surface area contributed by atoms with Crippen LogP contribution in [0, 0.1) is 0 Å². The van der Waals surface area contributed by atoms with Gasteiger partial charge in [-0.1, -0.05) is 0 Å². The number of nitrogens with zero attached hydrogens (tertiary/aromatic N) is 1. The molecule has 2 rings (SSSR count). The minimum Gasteiger partial charge on any atom is -0.383 e. The van der Waals surface area contributed by atoms with Crippen LogP contribution in [0.1, 0.15) is 23.0 Å². The maximum absolute atomic E-state index is 11.2. The van der Waals surface area contributed by atoms with Gasteiger partial charge in [0.1, 0.15) is 11.7 Å². The summed E-state index contributed by atoms with van der Waals surface area (Å²) in [5, 5.41) is 10.1. The number of pyridine rings is 1. The molecular weight excluding hydrogens is 283 g/mol. The molecule has 1 aliphatic heterocycles. The topological polar surface area (TPSA) is 94.9 Å². The Kier molecular flexibility index (Phi) is 5.39. The first-order valence-corrected chi connectivity index (χ1v) is 6.97. The van der Waals surface area contributed by atoms with Gasteiger partial charge in [-0.2, -0.15) is 4.57 Å². The number of hydrogen-bond acceptors (Lipinski definition) is 5. The molecule has 2 heterocycles. The van der Waals surface area contributed by atoms with Crippen molar-refractivity contribution in [2.45, 2.75) is 24.9 Å². The quantitative estimate of drug-likeness (QED) is 0.434. The van der Waals surface area contributed by atoms with E-state index in [1.165, 1.54) is 0 Å². The molecule has 0 aliphatic carbocycles. The molecule has 1 aromatic heterocycles. The van der Waals surface area contributed by atoms with Gasteiger partial charge in [0.25, 0.3) is 12.1 Å². The molecule has 1 aliphatic rings. The van der Waals surface area contributed by atoms with Crippen molar-refractivity contribution in [1.29, 1.82) is 0 Å². The smallest absolute Gasteiger partial charge is 0.289 e. The average molecular weight is 301 g/mol. The number of hydrogen-bond donors (Lipinski definition) is 2. The lowest BCUT2D eigenvalue weighted by Crippen LogP contribution is -2.44. The largest absolute Gasteiger partial charge is 0.383 e. The Balaban J connectivity index is 2.02. The van der Waals surface area contributed by atoms with E-state index in [1.54, 1.807) is 36.2 Å². The van der Waals surface area contributed by atoms with Crippen molar-refractivity contribution in [3.63, 3.8) is 0 Å². The molecule has 1 saturated heterocycles. The highest BCUT2D eigenvalue weighted by Gasteiger charge is 2.40. The fourth-order valence-electron chi connectivity index (χ4n) is 2.09. The Labute approximate surface area is 118 Å².